The molecule has 0 heterocycles. The van der Waals surface area contributed by atoms with Crippen LogP contribution in [0.3, 0.4) is 0 Å². The number of amides is 3. The molecule has 0 spiro atoms. The van der Waals surface area contributed by atoms with Gasteiger partial charge in [-0.1, -0.05) is 109 Å². The molecular weight excluding hydrogens is 727 g/mol. The Morgan fingerprint density at radius 2 is 1.14 bits per heavy atom. The fourth-order valence-corrected chi connectivity index (χ4v) is 6.46. The topological polar surface area (TPSA) is 158 Å². The molecule has 0 saturated carbocycles. The van der Waals surface area contributed by atoms with Crippen molar-refractivity contribution in [2.45, 2.75) is 89.7 Å². The number of fused-ring (bicyclic) bond motifs is 3. The normalized spacial score (nSPS) is 12.9. The SMILES string of the molecule is CC(C)(C)OC(=O)[C@H](CCCCNC(=O)OCc1ccccc1)NC(=O)CC[C@@H](NC(=O)OCC1c2ccccc2-c2ccccc21)C(=O)OCc1ccccc1. The van der Waals surface area contributed by atoms with Gasteiger partial charge < -0.3 is 34.9 Å². The molecule has 3 amide bonds. The predicted octanol–water partition coefficient (Wildman–Crippen LogP) is 7.34. The van der Waals surface area contributed by atoms with Crippen molar-refractivity contribution in [3.63, 3.8) is 0 Å². The van der Waals surface area contributed by atoms with Gasteiger partial charge in [0.15, 0.2) is 0 Å². The highest BCUT2D eigenvalue weighted by molar-refractivity contribution is 5.86. The van der Waals surface area contributed by atoms with Gasteiger partial charge in [0, 0.05) is 18.9 Å². The van der Waals surface area contributed by atoms with Gasteiger partial charge in [-0.3, -0.25) is 4.79 Å². The molecule has 0 saturated heterocycles. The van der Waals surface area contributed by atoms with Gasteiger partial charge >= 0.3 is 24.1 Å². The summed E-state index contributed by atoms with van der Waals surface area (Å²) in [5.74, 6) is -2.06. The van der Waals surface area contributed by atoms with Crippen molar-refractivity contribution in [3.05, 3.63) is 131 Å². The lowest BCUT2D eigenvalue weighted by Crippen LogP contribution is -2.46. The van der Waals surface area contributed by atoms with Gasteiger partial charge in [-0.05, 0) is 79.8 Å². The van der Waals surface area contributed by atoms with E-state index >= 15 is 0 Å². The van der Waals surface area contributed by atoms with Crippen LogP contribution in [0.5, 0.6) is 0 Å². The van der Waals surface area contributed by atoms with Crippen molar-refractivity contribution in [1.29, 1.82) is 0 Å². The maximum atomic E-state index is 13.4. The summed E-state index contributed by atoms with van der Waals surface area (Å²) < 4.78 is 22.1. The van der Waals surface area contributed by atoms with Gasteiger partial charge in [0.1, 0.15) is 37.5 Å². The first-order valence-electron chi connectivity index (χ1n) is 19.3. The lowest BCUT2D eigenvalue weighted by molar-refractivity contribution is -0.159. The number of hydrogen-bond donors (Lipinski definition) is 3. The van der Waals surface area contributed by atoms with E-state index in [1.54, 1.807) is 32.9 Å². The number of alkyl carbamates (subject to hydrolysis) is 2. The first kappa shape index (κ1) is 42.0. The van der Waals surface area contributed by atoms with Crippen LogP contribution < -0.4 is 16.0 Å². The molecule has 4 aromatic carbocycles. The fraction of sp³-hybridized carbons (Fsp3) is 0.356. The summed E-state index contributed by atoms with van der Waals surface area (Å²) in [7, 11) is 0. The lowest BCUT2D eigenvalue weighted by atomic mass is 9.98. The fourth-order valence-electron chi connectivity index (χ4n) is 6.46. The third kappa shape index (κ3) is 13.2. The predicted molar refractivity (Wildman–Crippen MR) is 214 cm³/mol. The van der Waals surface area contributed by atoms with Crippen molar-refractivity contribution in [2.75, 3.05) is 13.2 Å². The number of rotatable bonds is 18. The summed E-state index contributed by atoms with van der Waals surface area (Å²) in [6.07, 6.45) is -0.511. The summed E-state index contributed by atoms with van der Waals surface area (Å²) in [5.41, 5.74) is 5.06. The standard InChI is InChI=1S/C45H51N3O9/c1-45(2,3)57-42(51)38(24-14-15-27-46-43(52)55-29-32-18-8-5-9-19-32)47-40(49)26-25-39(41(50)54-28-31-16-6-4-7-17-31)48-44(53)56-30-37-35-22-12-10-20-33(35)34-21-11-13-23-36(34)37/h4-13,16-23,37-39H,14-15,24-30H2,1-3H3,(H,46,52)(H,47,49)(H,48,53)/t38-,39+/m0/s1. The van der Waals surface area contributed by atoms with Crippen LogP contribution in [0.25, 0.3) is 11.1 Å². The van der Waals surface area contributed by atoms with Gasteiger partial charge in [-0.25, -0.2) is 19.2 Å². The molecular formula is C45H51N3O9. The molecule has 300 valence electrons. The Labute approximate surface area is 333 Å². The first-order valence-corrected chi connectivity index (χ1v) is 19.3. The minimum Gasteiger partial charge on any atom is -0.459 e. The Morgan fingerprint density at radius 3 is 1.74 bits per heavy atom. The van der Waals surface area contributed by atoms with Crippen LogP contribution in [-0.4, -0.2) is 60.9 Å². The summed E-state index contributed by atoms with van der Waals surface area (Å²) in [4.78, 5) is 65.2. The van der Waals surface area contributed by atoms with E-state index in [0.717, 1.165) is 33.4 Å². The quantitative estimate of drug-likeness (QED) is 0.0534. The number of hydrogen-bond acceptors (Lipinski definition) is 9. The molecule has 0 bridgehead atoms. The lowest BCUT2D eigenvalue weighted by Gasteiger charge is -2.25. The monoisotopic (exact) mass is 777 g/mol. The van der Waals surface area contributed by atoms with Crippen molar-refractivity contribution in [3.8, 4) is 11.1 Å². The van der Waals surface area contributed by atoms with Gasteiger partial charge in [0.05, 0.1) is 0 Å². The minimum atomic E-state index is -1.22. The van der Waals surface area contributed by atoms with E-state index in [-0.39, 0.29) is 45.0 Å². The van der Waals surface area contributed by atoms with Crippen molar-refractivity contribution in [1.82, 2.24) is 16.0 Å². The molecule has 0 fully saturated rings. The Bertz CT molecular complexity index is 1920. The second kappa shape index (κ2) is 20.7. The van der Waals surface area contributed by atoms with E-state index in [1.807, 2.05) is 97.1 Å². The van der Waals surface area contributed by atoms with Crippen LogP contribution in [0, 0.1) is 0 Å². The molecule has 2 atom stereocenters. The van der Waals surface area contributed by atoms with Gasteiger partial charge in [0.2, 0.25) is 5.91 Å². The molecule has 57 heavy (non-hydrogen) atoms. The maximum Gasteiger partial charge on any atom is 0.407 e. The number of nitrogens with one attached hydrogen (secondary N) is 3. The minimum absolute atomic E-state index is 0.0327. The van der Waals surface area contributed by atoms with Crippen molar-refractivity contribution >= 4 is 30.0 Å². The molecule has 0 aliphatic heterocycles. The number of carbonyl (C=O) groups excluding carboxylic acids is 5. The first-order chi connectivity index (χ1) is 27.5. The zero-order chi connectivity index (χ0) is 40.6. The Kier molecular flexibility index (Phi) is 15.2. The summed E-state index contributed by atoms with van der Waals surface area (Å²) in [6.45, 7) is 5.65. The number of unbranched alkanes of at least 4 members (excludes halogenated alkanes) is 1. The van der Waals surface area contributed by atoms with Gasteiger partial charge in [0.25, 0.3) is 0 Å². The Balaban J connectivity index is 1.15. The van der Waals surface area contributed by atoms with E-state index in [0.29, 0.717) is 19.4 Å². The largest absolute Gasteiger partial charge is 0.459 e. The van der Waals surface area contributed by atoms with Crippen LogP contribution in [0.1, 0.15) is 81.0 Å². The molecule has 5 rings (SSSR count). The molecule has 0 aromatic heterocycles. The van der Waals surface area contributed by atoms with Gasteiger partial charge in [-0.2, -0.15) is 0 Å². The number of esters is 2. The van der Waals surface area contributed by atoms with Crippen LogP contribution in [-0.2, 0) is 46.5 Å². The van der Waals surface area contributed by atoms with E-state index in [1.165, 1.54) is 0 Å². The second-order valence-corrected chi connectivity index (χ2v) is 14.8. The molecule has 12 heteroatoms. The summed E-state index contributed by atoms with van der Waals surface area (Å²) >= 11 is 0. The molecule has 1 aliphatic rings. The number of ether oxygens (including phenoxy) is 4. The van der Waals surface area contributed by atoms with E-state index in [9.17, 15) is 24.0 Å². The van der Waals surface area contributed by atoms with Crippen molar-refractivity contribution in [2.24, 2.45) is 0 Å². The molecule has 3 N–H and O–H groups in total. The average Bonchev–Trinajstić information content (AvgIpc) is 3.52. The second-order valence-electron chi connectivity index (χ2n) is 14.8. The van der Waals surface area contributed by atoms with Crippen LogP contribution in [0.15, 0.2) is 109 Å². The molecule has 1 aliphatic carbocycles. The number of benzene rings is 4. The van der Waals surface area contributed by atoms with Gasteiger partial charge in [-0.15, -0.1) is 0 Å². The van der Waals surface area contributed by atoms with Crippen LogP contribution in [0.2, 0.25) is 0 Å². The Morgan fingerprint density at radius 1 is 0.596 bits per heavy atom. The molecule has 0 unspecified atom stereocenters. The Hall–Kier alpha value is -6.17. The maximum absolute atomic E-state index is 13.4. The molecule has 0 radical (unpaired) electrons. The summed E-state index contributed by atoms with van der Waals surface area (Å²) in [5, 5.41) is 8.05. The summed E-state index contributed by atoms with van der Waals surface area (Å²) in [6, 6.07) is 32.1. The van der Waals surface area contributed by atoms with Crippen molar-refractivity contribution < 1.29 is 42.9 Å². The zero-order valence-electron chi connectivity index (χ0n) is 32.7. The van der Waals surface area contributed by atoms with Crippen LogP contribution in [0.4, 0.5) is 9.59 Å². The average molecular weight is 778 g/mol. The third-order valence-corrected chi connectivity index (χ3v) is 9.23. The highest BCUT2D eigenvalue weighted by atomic mass is 16.6. The highest BCUT2D eigenvalue weighted by Gasteiger charge is 2.31. The van der Waals surface area contributed by atoms with E-state index < -0.39 is 47.7 Å². The third-order valence-electron chi connectivity index (χ3n) is 9.23. The zero-order valence-corrected chi connectivity index (χ0v) is 32.7. The smallest absolute Gasteiger partial charge is 0.407 e. The van der Waals surface area contributed by atoms with E-state index in [4.69, 9.17) is 18.9 Å². The van der Waals surface area contributed by atoms with Crippen LogP contribution >= 0.6 is 0 Å². The molecule has 12 nitrogen and oxygen atoms in total. The molecule has 4 aromatic rings. The highest BCUT2D eigenvalue weighted by Crippen LogP contribution is 2.44. The van der Waals surface area contributed by atoms with E-state index in [2.05, 4.69) is 16.0 Å². The number of carbonyl (C=O) groups is 5.